The average Bonchev–Trinajstić information content (AvgIpc) is 2.94. The maximum Gasteiger partial charge on any atom is 0.471 e. The van der Waals surface area contributed by atoms with E-state index in [9.17, 15) is 18.0 Å². The Bertz CT molecular complexity index is 638. The van der Waals surface area contributed by atoms with Crippen molar-refractivity contribution < 1.29 is 18.0 Å². The molecule has 138 valence electrons. The molecular formula is C17H22F3N3OS. The van der Waals surface area contributed by atoms with Crippen LogP contribution < -0.4 is 10.6 Å². The number of amides is 1. The van der Waals surface area contributed by atoms with Gasteiger partial charge < -0.3 is 15.5 Å². The molecule has 1 heterocycles. The zero-order valence-corrected chi connectivity index (χ0v) is 15.2. The predicted octanol–water partition coefficient (Wildman–Crippen LogP) is 3.43. The molecule has 1 atom stereocenters. The van der Waals surface area contributed by atoms with Crippen molar-refractivity contribution in [1.82, 2.24) is 10.2 Å². The molecular weight excluding hydrogens is 351 g/mol. The zero-order chi connectivity index (χ0) is 18.8. The molecule has 2 rings (SSSR count). The molecule has 0 radical (unpaired) electrons. The first kappa shape index (κ1) is 19.5. The second kappa shape index (κ2) is 7.19. The van der Waals surface area contributed by atoms with Crippen LogP contribution in [0.5, 0.6) is 0 Å². The maximum atomic E-state index is 12.3. The van der Waals surface area contributed by atoms with E-state index in [4.69, 9.17) is 12.2 Å². The minimum absolute atomic E-state index is 0.0535. The first-order valence-electron chi connectivity index (χ1n) is 8.01. The standard InChI is InChI=1S/C17H22F3N3OS/c1-16(2,3)11-4-6-12(7-5-11)22-15(25)23-9-8-13(10-23)21-14(24)17(18,19)20/h4-7,13H,8-10H2,1-3H3,(H,21,24)(H,22,25). The summed E-state index contributed by atoms with van der Waals surface area (Å²) in [5, 5.41) is 5.52. The van der Waals surface area contributed by atoms with Crippen LogP contribution in [-0.2, 0) is 10.2 Å². The van der Waals surface area contributed by atoms with Gasteiger partial charge in [0.15, 0.2) is 5.11 Å². The Morgan fingerprint density at radius 1 is 1.20 bits per heavy atom. The lowest BCUT2D eigenvalue weighted by Gasteiger charge is -2.22. The van der Waals surface area contributed by atoms with Crippen LogP contribution in [0.1, 0.15) is 32.8 Å². The molecule has 1 aliphatic rings. The van der Waals surface area contributed by atoms with E-state index in [1.54, 1.807) is 4.90 Å². The molecule has 1 aromatic carbocycles. The number of rotatable bonds is 2. The number of nitrogens with one attached hydrogen (secondary N) is 2. The summed E-state index contributed by atoms with van der Waals surface area (Å²) in [6.07, 6.45) is -4.44. The molecule has 4 nitrogen and oxygen atoms in total. The van der Waals surface area contributed by atoms with Crippen LogP contribution in [0.4, 0.5) is 18.9 Å². The smallest absolute Gasteiger partial charge is 0.347 e. The first-order chi connectivity index (χ1) is 11.5. The van der Waals surface area contributed by atoms with Gasteiger partial charge in [0, 0.05) is 24.8 Å². The highest BCUT2D eigenvalue weighted by Crippen LogP contribution is 2.24. The second-order valence-corrected chi connectivity index (χ2v) is 7.55. The fourth-order valence-electron chi connectivity index (χ4n) is 2.59. The molecule has 0 aromatic heterocycles. The topological polar surface area (TPSA) is 44.4 Å². The van der Waals surface area contributed by atoms with Gasteiger partial charge in [0.25, 0.3) is 0 Å². The lowest BCUT2D eigenvalue weighted by atomic mass is 9.87. The highest BCUT2D eigenvalue weighted by Gasteiger charge is 2.40. The summed E-state index contributed by atoms with van der Waals surface area (Å²) < 4.78 is 36.9. The number of anilines is 1. The highest BCUT2D eigenvalue weighted by atomic mass is 32.1. The van der Waals surface area contributed by atoms with Gasteiger partial charge in [-0.25, -0.2) is 0 Å². The summed E-state index contributed by atoms with van der Waals surface area (Å²) in [4.78, 5) is 12.8. The lowest BCUT2D eigenvalue weighted by Crippen LogP contribution is -2.45. The minimum Gasteiger partial charge on any atom is -0.347 e. The van der Waals surface area contributed by atoms with Gasteiger partial charge in [-0.2, -0.15) is 13.2 Å². The van der Waals surface area contributed by atoms with Crippen molar-refractivity contribution in [1.29, 1.82) is 0 Å². The Hall–Kier alpha value is -1.83. The Kier molecular flexibility index (Phi) is 5.61. The van der Waals surface area contributed by atoms with Crippen molar-refractivity contribution >= 4 is 28.9 Å². The van der Waals surface area contributed by atoms with E-state index in [-0.39, 0.29) is 12.0 Å². The number of halogens is 3. The number of hydrogen-bond acceptors (Lipinski definition) is 2. The zero-order valence-electron chi connectivity index (χ0n) is 14.4. The quantitative estimate of drug-likeness (QED) is 0.780. The predicted molar refractivity (Wildman–Crippen MR) is 95.5 cm³/mol. The van der Waals surface area contributed by atoms with Gasteiger partial charge in [-0.1, -0.05) is 32.9 Å². The number of likely N-dealkylation sites (tertiary alicyclic amines) is 1. The van der Waals surface area contributed by atoms with E-state index < -0.39 is 18.1 Å². The molecule has 1 saturated heterocycles. The van der Waals surface area contributed by atoms with E-state index in [0.29, 0.717) is 18.1 Å². The number of benzene rings is 1. The number of carbonyl (C=O) groups excluding carboxylic acids is 1. The van der Waals surface area contributed by atoms with E-state index in [1.807, 2.05) is 29.6 Å². The van der Waals surface area contributed by atoms with Crippen LogP contribution >= 0.6 is 12.2 Å². The third-order valence-electron chi connectivity index (χ3n) is 4.07. The molecule has 8 heteroatoms. The summed E-state index contributed by atoms with van der Waals surface area (Å²) in [6, 6.07) is 7.32. The number of alkyl halides is 3. The number of carbonyl (C=O) groups is 1. The molecule has 1 aliphatic heterocycles. The minimum atomic E-state index is -4.86. The number of nitrogens with zero attached hydrogens (tertiary/aromatic N) is 1. The van der Waals surface area contributed by atoms with E-state index in [0.717, 1.165) is 5.69 Å². The van der Waals surface area contributed by atoms with Crippen LogP contribution in [0, 0.1) is 0 Å². The van der Waals surface area contributed by atoms with Crippen LogP contribution in [0.15, 0.2) is 24.3 Å². The van der Waals surface area contributed by atoms with Crippen LogP contribution in [0.25, 0.3) is 0 Å². The normalized spacial score (nSPS) is 18.2. The summed E-state index contributed by atoms with van der Waals surface area (Å²) in [6.45, 7) is 7.13. The summed E-state index contributed by atoms with van der Waals surface area (Å²) in [5.41, 5.74) is 2.07. The molecule has 0 bridgehead atoms. The van der Waals surface area contributed by atoms with Crippen molar-refractivity contribution in [2.24, 2.45) is 0 Å². The van der Waals surface area contributed by atoms with Crippen LogP contribution in [0.2, 0.25) is 0 Å². The third kappa shape index (κ3) is 5.32. The Morgan fingerprint density at radius 3 is 2.32 bits per heavy atom. The molecule has 1 fully saturated rings. The highest BCUT2D eigenvalue weighted by molar-refractivity contribution is 7.80. The van der Waals surface area contributed by atoms with E-state index >= 15 is 0 Å². The van der Waals surface area contributed by atoms with Gasteiger partial charge in [0.1, 0.15) is 0 Å². The summed E-state index contributed by atoms with van der Waals surface area (Å²) in [5.74, 6) is -1.91. The molecule has 0 spiro atoms. The van der Waals surface area contributed by atoms with Gasteiger partial charge in [-0.3, -0.25) is 4.79 Å². The Labute approximate surface area is 150 Å². The number of hydrogen-bond donors (Lipinski definition) is 2. The Balaban J connectivity index is 1.89. The van der Waals surface area contributed by atoms with Crippen LogP contribution in [0.3, 0.4) is 0 Å². The van der Waals surface area contributed by atoms with E-state index in [1.165, 1.54) is 5.56 Å². The van der Waals surface area contributed by atoms with Crippen molar-refractivity contribution in [2.45, 2.75) is 44.8 Å². The van der Waals surface area contributed by atoms with Gasteiger partial charge in [-0.05, 0) is 41.7 Å². The molecule has 1 unspecified atom stereocenters. The average molecular weight is 373 g/mol. The monoisotopic (exact) mass is 373 g/mol. The van der Waals surface area contributed by atoms with Crippen molar-refractivity contribution in [3.63, 3.8) is 0 Å². The largest absolute Gasteiger partial charge is 0.471 e. The summed E-state index contributed by atoms with van der Waals surface area (Å²) in [7, 11) is 0. The molecule has 1 amide bonds. The third-order valence-corrected chi connectivity index (χ3v) is 4.43. The molecule has 1 aromatic rings. The fourth-order valence-corrected chi connectivity index (χ4v) is 2.87. The summed E-state index contributed by atoms with van der Waals surface area (Å²) >= 11 is 5.32. The fraction of sp³-hybridized carbons (Fsp3) is 0.529. The maximum absolute atomic E-state index is 12.3. The van der Waals surface area contributed by atoms with Gasteiger partial charge in [-0.15, -0.1) is 0 Å². The van der Waals surface area contributed by atoms with Crippen LogP contribution in [-0.4, -0.2) is 41.2 Å². The van der Waals surface area contributed by atoms with Gasteiger partial charge in [0.2, 0.25) is 0 Å². The second-order valence-electron chi connectivity index (χ2n) is 7.16. The van der Waals surface area contributed by atoms with Crippen molar-refractivity contribution in [3.8, 4) is 0 Å². The molecule has 25 heavy (non-hydrogen) atoms. The molecule has 0 saturated carbocycles. The molecule has 2 N–H and O–H groups in total. The van der Waals surface area contributed by atoms with Crippen molar-refractivity contribution in [2.75, 3.05) is 18.4 Å². The van der Waals surface area contributed by atoms with E-state index in [2.05, 4.69) is 26.1 Å². The molecule has 0 aliphatic carbocycles. The van der Waals surface area contributed by atoms with Gasteiger partial charge >= 0.3 is 12.1 Å². The SMILES string of the molecule is CC(C)(C)c1ccc(NC(=S)N2CCC(NC(=O)C(F)(F)F)C2)cc1. The number of thiocarbonyl (C=S) groups is 1. The first-order valence-corrected chi connectivity index (χ1v) is 8.42. The lowest BCUT2D eigenvalue weighted by molar-refractivity contribution is -0.174. The van der Waals surface area contributed by atoms with Gasteiger partial charge in [0.05, 0.1) is 0 Å². The Morgan fingerprint density at radius 2 is 1.80 bits per heavy atom. The van der Waals surface area contributed by atoms with Crippen molar-refractivity contribution in [3.05, 3.63) is 29.8 Å².